The Labute approximate surface area is 758 Å². The van der Waals surface area contributed by atoms with Crippen LogP contribution in [0.25, 0.3) is 0 Å². The number of rotatable bonds is 44. The predicted molar refractivity (Wildman–Crippen MR) is 469 cm³/mol. The molecule has 4 amide bonds. The summed E-state index contributed by atoms with van der Waals surface area (Å²) in [6.07, 6.45) is 1.68. The van der Waals surface area contributed by atoms with E-state index in [1.165, 1.54) is 4.90 Å². The maximum atomic E-state index is 14.0. The Morgan fingerprint density at radius 2 is 0.878 bits per heavy atom. The molecule has 12 atom stereocenters. The summed E-state index contributed by atoms with van der Waals surface area (Å²) in [5, 5.41) is 28.7. The second kappa shape index (κ2) is 54.2. The zero-order valence-electron chi connectivity index (χ0n) is 80.6. The number of benzene rings is 3. The van der Waals surface area contributed by atoms with E-state index in [9.17, 15) is 43.8 Å². The molecule has 0 saturated carbocycles. The molecule has 2 fully saturated rings. The molecule has 2 aliphatic rings. The number of aliphatic carboxylic acids is 1. The molecule has 3 aromatic carbocycles. The van der Waals surface area contributed by atoms with Crippen LogP contribution in [0.1, 0.15) is 241 Å². The first-order chi connectivity index (χ1) is 56.9. The summed E-state index contributed by atoms with van der Waals surface area (Å²) < 4.78 is 83.8. The summed E-state index contributed by atoms with van der Waals surface area (Å²) in [5.41, 5.74) is 0.230. The van der Waals surface area contributed by atoms with Gasteiger partial charge in [0.25, 0.3) is 0 Å². The fourth-order valence-corrected chi connectivity index (χ4v) is 14.6. The van der Waals surface area contributed by atoms with Crippen LogP contribution in [0.5, 0.6) is 34.5 Å². The normalized spacial score (nSPS) is 18.0. The molecule has 3 aromatic rings. The van der Waals surface area contributed by atoms with E-state index in [1.54, 1.807) is 119 Å². The van der Waals surface area contributed by atoms with Gasteiger partial charge in [-0.1, -0.05) is 101 Å². The molecule has 2 saturated heterocycles. The molecule has 696 valence electrons. The molecule has 5 rings (SSSR count). The average molecular weight is 1750 g/mol. The van der Waals surface area contributed by atoms with Crippen molar-refractivity contribution in [1.82, 2.24) is 15.5 Å². The number of ether oxygens (including phenoxy) is 15. The minimum absolute atomic E-state index is 0. The zero-order valence-corrected chi connectivity index (χ0v) is 82.6. The molecule has 27 nitrogen and oxygen atoms in total. The maximum absolute atomic E-state index is 14.0. The van der Waals surface area contributed by atoms with E-state index in [-0.39, 0.29) is 120 Å². The Bertz CT molecular complexity index is 3630. The average Bonchev–Trinajstić information content (AvgIpc) is 1.31. The number of carboxylic acid groups (broad SMARTS) is 1. The smallest absolute Gasteiger partial charge is 0.550 e. The fourth-order valence-electron chi connectivity index (χ4n) is 14.6. The van der Waals surface area contributed by atoms with Crippen molar-refractivity contribution in [3.63, 3.8) is 0 Å². The number of hydrogen-bond donors (Lipinski definition) is 3. The Hall–Kier alpha value is -7.01. The van der Waals surface area contributed by atoms with E-state index < -0.39 is 88.9 Å². The molecule has 28 heteroatoms. The first kappa shape index (κ1) is 112. The molecule has 2 heterocycles. The Morgan fingerprint density at radius 1 is 0.488 bits per heavy atom. The molecule has 0 radical (unpaired) electrons. The topological polar surface area (TPSA) is 329 Å². The Balaban J connectivity index is 0.000000625. The number of carbonyl (C=O) groups is 7. The van der Waals surface area contributed by atoms with E-state index >= 15 is 0 Å². The van der Waals surface area contributed by atoms with Gasteiger partial charge in [-0.3, -0.25) is 9.59 Å². The summed E-state index contributed by atoms with van der Waals surface area (Å²) >= 11 is 0. The van der Waals surface area contributed by atoms with Crippen LogP contribution >= 0.6 is 0 Å². The van der Waals surface area contributed by atoms with E-state index in [0.29, 0.717) is 119 Å². The quantitative estimate of drug-likeness (QED) is 0.0205. The SMILES string of the molecule is COCCCOc1cc(C[C@@H](C[C@H](NC(=O)OC(C)(C)C)[C@@H](O)C[C@H](C(=O)[O-])C(C)C)C(C)C)ccc1OC.COCCCOc1cc(C[C@@H](C[C@H](NC(=O)OC(C)(C)C)[C@@H]2C[C@@H](C(C)C)C(=O)O2)C(C)C)ccc1OC.COCCCOc1cc(C[C@@H](C[C@H]2[C@@H](OC(=O)OC(C)(C)C)C[C@@H](C(C)C)C(=O)N2C(=O)OC(C)(C)C)C(C)C)ccc1OC.[Na+]. The zero-order chi connectivity index (χ0) is 92.3. The molecule has 123 heavy (non-hydrogen) atoms. The van der Waals surface area contributed by atoms with Crippen molar-refractivity contribution in [2.75, 3.05) is 82.3 Å². The fraction of sp³-hybridized carbons (Fsp3) is 0.737. The van der Waals surface area contributed by atoms with Gasteiger partial charge >= 0.3 is 60.0 Å². The van der Waals surface area contributed by atoms with E-state index in [2.05, 4.69) is 58.2 Å². The van der Waals surface area contributed by atoms with E-state index in [4.69, 9.17) is 71.1 Å². The number of methoxy groups -OCH3 is 6. The van der Waals surface area contributed by atoms with Gasteiger partial charge < -0.3 is 96.7 Å². The number of aliphatic hydroxyl groups is 1. The molecule has 3 N–H and O–H groups in total. The van der Waals surface area contributed by atoms with Crippen LogP contribution in [0.4, 0.5) is 19.2 Å². The number of alkyl carbamates (subject to hydrolysis) is 2. The number of cyclic esters (lactones) is 1. The van der Waals surface area contributed by atoms with Gasteiger partial charge in [0.05, 0.1) is 71.3 Å². The molecule has 0 aromatic heterocycles. The van der Waals surface area contributed by atoms with Crippen molar-refractivity contribution < 1.29 is 144 Å². The number of carboxylic acids is 1. The minimum Gasteiger partial charge on any atom is -0.550 e. The maximum Gasteiger partial charge on any atom is 1.00 e. The van der Waals surface area contributed by atoms with Crippen LogP contribution in [0.15, 0.2) is 54.6 Å². The van der Waals surface area contributed by atoms with Crippen LogP contribution in [-0.2, 0) is 76.3 Å². The second-order valence-electron chi connectivity index (χ2n) is 38.4. The third-order valence-corrected chi connectivity index (χ3v) is 21.5. The summed E-state index contributed by atoms with van der Waals surface area (Å²) in [6.45, 7) is 48.9. The Morgan fingerprint density at radius 3 is 1.23 bits per heavy atom. The number of imide groups is 1. The standard InChI is InChI=1S/C35H57NO9.C30H51NO8.C30H49NO7.Na/c1-22(2)25(18-24-14-15-28(41-12)30(19-24)42-17-13-16-40-11)20-27-29(43-33(39)45-35(8,9)10)21-26(23(3)4)31(37)36(27)32(38)44-34(5,6)7;1-19(2)22(15-21-11-12-26(37-9)27(16-21)38-14-10-13-36-8)17-24(31-29(35)39-30(5,6)7)25(32)18-23(20(3)4)28(33)34;1-19(2)22(15-21-11-12-25(35-9)27(16-21)36-14-10-13-34-8)17-24(31-29(33)38-30(5,6)7)26-18-23(20(3)4)28(32)37-26;/h14-15,19,22-23,25-27,29H,13,16-18,20-21H2,1-12H3;11-12,16,19-20,22-25,32H,10,13-15,17-18H2,1-9H3,(H,31,35)(H,33,34);11-12,16,19-20,22-24,26H,10,13-15,17-18H2,1-9H3,(H,31,33);/q;;;+1/p-1/t25-,26-,27-,29-;22-,23-,24-,25-;22-,23-,24-,26-;/m000./s1. The van der Waals surface area contributed by atoms with Gasteiger partial charge in [0.1, 0.15) is 34.6 Å². The van der Waals surface area contributed by atoms with Gasteiger partial charge in [-0.25, -0.2) is 24.1 Å². The molecular formula is C95H156N3NaO24. The van der Waals surface area contributed by atoms with E-state index in [1.807, 2.05) is 97.0 Å². The first-order valence-corrected chi connectivity index (χ1v) is 43.8. The summed E-state index contributed by atoms with van der Waals surface area (Å²) in [7, 11) is 9.82. The van der Waals surface area contributed by atoms with Crippen molar-refractivity contribution in [3.05, 3.63) is 71.3 Å². The third kappa shape index (κ3) is 41.5. The van der Waals surface area contributed by atoms with Crippen molar-refractivity contribution in [1.29, 1.82) is 0 Å². The number of aliphatic hydroxyl groups excluding tert-OH is 1. The third-order valence-electron chi connectivity index (χ3n) is 21.5. The number of hydrogen-bond acceptors (Lipinski definition) is 24. The number of carbonyl (C=O) groups excluding carboxylic acids is 7. The number of nitrogens with one attached hydrogen (secondary N) is 2. The van der Waals surface area contributed by atoms with Crippen LogP contribution < -0.4 is 73.7 Å². The number of likely N-dealkylation sites (tertiary alicyclic amines) is 1. The summed E-state index contributed by atoms with van der Waals surface area (Å²) in [5.74, 6) is 1.52. The molecule has 2 aliphatic heterocycles. The van der Waals surface area contributed by atoms with Crippen molar-refractivity contribution >= 4 is 42.3 Å². The van der Waals surface area contributed by atoms with Crippen LogP contribution in [-0.4, -0.2) is 193 Å². The molecule has 0 bridgehead atoms. The van der Waals surface area contributed by atoms with Gasteiger partial charge in [0, 0.05) is 78.2 Å². The van der Waals surface area contributed by atoms with Gasteiger partial charge in [-0.05, 0) is 247 Å². The predicted octanol–water partition coefficient (Wildman–Crippen LogP) is 14.2. The van der Waals surface area contributed by atoms with Crippen LogP contribution in [0.2, 0.25) is 0 Å². The number of piperidine rings is 1. The van der Waals surface area contributed by atoms with Gasteiger partial charge in [0.15, 0.2) is 34.5 Å². The van der Waals surface area contributed by atoms with Crippen LogP contribution in [0, 0.1) is 71.0 Å². The molecule has 0 aliphatic carbocycles. The van der Waals surface area contributed by atoms with Gasteiger partial charge in [0.2, 0.25) is 5.91 Å². The summed E-state index contributed by atoms with van der Waals surface area (Å²) in [6, 6.07) is 15.9. The number of nitrogens with zero attached hydrogens (tertiary/aromatic N) is 1. The van der Waals surface area contributed by atoms with Gasteiger partial charge in [-0.15, -0.1) is 0 Å². The first-order valence-electron chi connectivity index (χ1n) is 43.8. The monoisotopic (exact) mass is 1750 g/mol. The number of esters is 1. The molecule has 0 unspecified atom stereocenters. The van der Waals surface area contributed by atoms with Crippen molar-refractivity contribution in [3.8, 4) is 34.5 Å². The van der Waals surface area contributed by atoms with Gasteiger partial charge in [-0.2, -0.15) is 0 Å². The second-order valence-corrected chi connectivity index (χ2v) is 38.4. The minimum atomic E-state index is -1.21. The largest absolute Gasteiger partial charge is 1.00 e. The summed E-state index contributed by atoms with van der Waals surface area (Å²) in [4.78, 5) is 91.6. The van der Waals surface area contributed by atoms with E-state index in [0.717, 1.165) is 42.4 Å². The van der Waals surface area contributed by atoms with Crippen molar-refractivity contribution in [2.24, 2.45) is 71.0 Å². The number of amides is 4. The Kier molecular flexibility index (Phi) is 49.4. The molecule has 0 spiro atoms. The van der Waals surface area contributed by atoms with Crippen molar-refractivity contribution in [2.45, 2.75) is 302 Å². The molecular weight excluding hydrogens is 1590 g/mol. The van der Waals surface area contributed by atoms with Crippen LogP contribution in [0.3, 0.4) is 0 Å².